The molecular weight excluding hydrogens is 286 g/mol. The molecule has 0 unspecified atom stereocenters. The van der Waals surface area contributed by atoms with E-state index in [2.05, 4.69) is 14.9 Å². The van der Waals surface area contributed by atoms with Crippen LogP contribution in [0, 0.1) is 0 Å². The van der Waals surface area contributed by atoms with Crippen LogP contribution in [0.5, 0.6) is 5.75 Å². The maximum absolute atomic E-state index is 12.4. The second kappa shape index (κ2) is 5.38. The van der Waals surface area contributed by atoms with E-state index in [0.717, 1.165) is 4.88 Å². The Morgan fingerprint density at radius 1 is 1.05 bits per heavy atom. The van der Waals surface area contributed by atoms with E-state index < -0.39 is 6.61 Å². The van der Waals surface area contributed by atoms with Crippen LogP contribution < -0.4 is 4.74 Å². The van der Waals surface area contributed by atoms with Gasteiger partial charge in [-0.05, 0) is 23.6 Å². The number of hydrogen-bond donors (Lipinski definition) is 0. The largest absolute Gasteiger partial charge is 0.434 e. The van der Waals surface area contributed by atoms with E-state index in [1.807, 2.05) is 17.5 Å². The molecule has 7 heteroatoms. The summed E-state index contributed by atoms with van der Waals surface area (Å²) in [4.78, 5) is 0.816. The van der Waals surface area contributed by atoms with Crippen molar-refractivity contribution in [3.63, 3.8) is 0 Å². The van der Waals surface area contributed by atoms with Crippen molar-refractivity contribution in [2.24, 2.45) is 0 Å². The molecule has 0 atom stereocenters. The van der Waals surface area contributed by atoms with Gasteiger partial charge in [-0.15, -0.1) is 21.5 Å². The molecule has 20 heavy (non-hydrogen) atoms. The fraction of sp³-hybridized carbons (Fsp3) is 0.0769. The Labute approximate surface area is 116 Å². The summed E-state index contributed by atoms with van der Waals surface area (Å²) in [6.45, 7) is -2.91. The summed E-state index contributed by atoms with van der Waals surface area (Å²) in [5, 5.41) is 9.66. The Balaban J connectivity index is 1.97. The highest BCUT2D eigenvalue weighted by atomic mass is 32.1. The monoisotopic (exact) mass is 294 g/mol. The van der Waals surface area contributed by atoms with Crippen LogP contribution in [0.1, 0.15) is 0 Å². The lowest BCUT2D eigenvalue weighted by molar-refractivity contribution is -0.0495. The molecule has 2 heterocycles. The lowest BCUT2D eigenvalue weighted by atomic mass is 10.2. The molecule has 4 nitrogen and oxygen atoms in total. The number of para-hydroxylation sites is 1. The minimum absolute atomic E-state index is 0.00359. The van der Waals surface area contributed by atoms with Crippen LogP contribution in [0.2, 0.25) is 0 Å². The van der Waals surface area contributed by atoms with Gasteiger partial charge in [0.25, 0.3) is 11.8 Å². The van der Waals surface area contributed by atoms with Crippen molar-refractivity contribution in [1.82, 2.24) is 10.2 Å². The number of halogens is 2. The molecule has 102 valence electrons. The van der Waals surface area contributed by atoms with Crippen LogP contribution in [-0.4, -0.2) is 16.8 Å². The molecule has 1 aromatic carbocycles. The number of benzene rings is 1. The highest BCUT2D eigenvalue weighted by Crippen LogP contribution is 2.32. The second-order valence-electron chi connectivity index (χ2n) is 3.76. The normalized spacial score (nSPS) is 10.9. The summed E-state index contributed by atoms with van der Waals surface area (Å²) >= 11 is 1.45. The average molecular weight is 294 g/mol. The molecule has 0 aliphatic carbocycles. The van der Waals surface area contributed by atoms with Crippen LogP contribution in [0.4, 0.5) is 8.78 Å². The highest BCUT2D eigenvalue weighted by Gasteiger charge is 2.16. The minimum atomic E-state index is -2.91. The van der Waals surface area contributed by atoms with Crippen LogP contribution in [0.15, 0.2) is 46.2 Å². The molecule has 2 aromatic heterocycles. The lowest BCUT2D eigenvalue weighted by Crippen LogP contribution is -2.03. The Morgan fingerprint density at radius 3 is 2.60 bits per heavy atom. The Morgan fingerprint density at radius 2 is 1.85 bits per heavy atom. The summed E-state index contributed by atoms with van der Waals surface area (Å²) in [5.74, 6) is 0.496. The van der Waals surface area contributed by atoms with Crippen LogP contribution in [0.25, 0.3) is 22.2 Å². The number of thiophene rings is 1. The zero-order chi connectivity index (χ0) is 13.9. The van der Waals surface area contributed by atoms with Crippen LogP contribution >= 0.6 is 11.3 Å². The summed E-state index contributed by atoms with van der Waals surface area (Å²) in [5.41, 5.74) is 0.336. The van der Waals surface area contributed by atoms with Gasteiger partial charge in [-0.1, -0.05) is 18.2 Å². The van der Waals surface area contributed by atoms with E-state index in [9.17, 15) is 8.78 Å². The zero-order valence-corrected chi connectivity index (χ0v) is 10.8. The number of rotatable bonds is 4. The molecule has 0 amide bonds. The summed E-state index contributed by atoms with van der Waals surface area (Å²) in [6, 6.07) is 9.99. The number of ether oxygens (including phenoxy) is 1. The summed E-state index contributed by atoms with van der Waals surface area (Å²) in [7, 11) is 0. The third kappa shape index (κ3) is 2.53. The third-order valence-electron chi connectivity index (χ3n) is 2.49. The standard InChI is InChI=1S/C13H8F2N2O2S/c14-13(15)18-9-5-2-1-4-8(9)11-16-17-12(19-11)10-6-3-7-20-10/h1-7,13H. The molecule has 0 saturated carbocycles. The summed E-state index contributed by atoms with van der Waals surface area (Å²) < 4.78 is 34.7. The smallest absolute Gasteiger partial charge is 0.387 e. The SMILES string of the molecule is FC(F)Oc1ccccc1-c1nnc(-c2cccs2)o1. The topological polar surface area (TPSA) is 48.2 Å². The van der Waals surface area contributed by atoms with Crippen molar-refractivity contribution >= 4 is 11.3 Å². The molecule has 0 radical (unpaired) electrons. The van der Waals surface area contributed by atoms with E-state index in [1.54, 1.807) is 18.2 Å². The number of aromatic nitrogens is 2. The zero-order valence-electron chi connectivity index (χ0n) is 9.99. The van der Waals surface area contributed by atoms with Crippen molar-refractivity contribution in [3.05, 3.63) is 41.8 Å². The van der Waals surface area contributed by atoms with E-state index in [-0.39, 0.29) is 11.6 Å². The Bertz CT molecular complexity index is 698. The van der Waals surface area contributed by atoms with Crippen LogP contribution in [-0.2, 0) is 0 Å². The fourth-order valence-corrected chi connectivity index (χ4v) is 2.32. The first kappa shape index (κ1) is 12.7. The lowest BCUT2D eigenvalue weighted by Gasteiger charge is -2.07. The first-order valence-corrected chi connectivity index (χ1v) is 6.53. The molecule has 0 N–H and O–H groups in total. The van der Waals surface area contributed by atoms with Gasteiger partial charge in [0.15, 0.2) is 0 Å². The first-order valence-electron chi connectivity index (χ1n) is 5.65. The second-order valence-corrected chi connectivity index (χ2v) is 4.71. The third-order valence-corrected chi connectivity index (χ3v) is 3.35. The molecular formula is C13H8F2N2O2S. The van der Waals surface area contributed by atoms with E-state index in [1.165, 1.54) is 17.4 Å². The summed E-state index contributed by atoms with van der Waals surface area (Å²) in [6.07, 6.45) is 0. The predicted octanol–water partition coefficient (Wildman–Crippen LogP) is 4.07. The van der Waals surface area contributed by atoms with Gasteiger partial charge < -0.3 is 9.15 Å². The molecule has 0 aliphatic rings. The molecule has 3 aromatic rings. The molecule has 0 aliphatic heterocycles. The molecule has 0 bridgehead atoms. The van der Waals surface area contributed by atoms with Crippen molar-refractivity contribution < 1.29 is 17.9 Å². The van der Waals surface area contributed by atoms with Crippen LogP contribution in [0.3, 0.4) is 0 Å². The Kier molecular flexibility index (Phi) is 3.42. The molecule has 0 fully saturated rings. The Hall–Kier alpha value is -2.28. The molecule has 3 rings (SSSR count). The van der Waals surface area contributed by atoms with Gasteiger partial charge in [-0.2, -0.15) is 8.78 Å². The maximum Gasteiger partial charge on any atom is 0.387 e. The van der Waals surface area contributed by atoms with Crippen molar-refractivity contribution in [2.75, 3.05) is 0 Å². The number of nitrogens with zero attached hydrogens (tertiary/aromatic N) is 2. The van der Waals surface area contributed by atoms with Gasteiger partial charge in [-0.3, -0.25) is 0 Å². The predicted molar refractivity (Wildman–Crippen MR) is 69.7 cm³/mol. The van der Waals surface area contributed by atoms with Crippen molar-refractivity contribution in [2.45, 2.75) is 6.61 Å². The molecule has 0 saturated heterocycles. The van der Waals surface area contributed by atoms with E-state index >= 15 is 0 Å². The van der Waals surface area contributed by atoms with Gasteiger partial charge in [0.2, 0.25) is 0 Å². The van der Waals surface area contributed by atoms with Gasteiger partial charge in [0.05, 0.1) is 10.4 Å². The van der Waals surface area contributed by atoms with Gasteiger partial charge in [-0.25, -0.2) is 0 Å². The first-order chi connectivity index (χ1) is 9.74. The van der Waals surface area contributed by atoms with Gasteiger partial charge >= 0.3 is 6.61 Å². The fourth-order valence-electron chi connectivity index (χ4n) is 1.67. The minimum Gasteiger partial charge on any atom is -0.434 e. The average Bonchev–Trinajstić information content (AvgIpc) is 3.10. The number of hydrogen-bond acceptors (Lipinski definition) is 5. The van der Waals surface area contributed by atoms with E-state index in [0.29, 0.717) is 11.5 Å². The highest BCUT2D eigenvalue weighted by molar-refractivity contribution is 7.13. The van der Waals surface area contributed by atoms with E-state index in [4.69, 9.17) is 4.42 Å². The number of alkyl halides is 2. The van der Waals surface area contributed by atoms with Gasteiger partial charge in [0.1, 0.15) is 5.75 Å². The maximum atomic E-state index is 12.4. The van der Waals surface area contributed by atoms with Gasteiger partial charge in [0, 0.05) is 0 Å². The quantitative estimate of drug-likeness (QED) is 0.728. The molecule has 0 spiro atoms. The van der Waals surface area contributed by atoms with Crippen molar-refractivity contribution in [1.29, 1.82) is 0 Å². The van der Waals surface area contributed by atoms with Crippen molar-refractivity contribution in [3.8, 4) is 28.0 Å².